The van der Waals surface area contributed by atoms with Crippen molar-refractivity contribution in [2.24, 2.45) is 5.73 Å². The lowest BCUT2D eigenvalue weighted by molar-refractivity contribution is -0.144. The minimum atomic E-state index is -0.298. The molecule has 0 heterocycles. The molecule has 0 saturated heterocycles. The van der Waals surface area contributed by atoms with Gasteiger partial charge in [0.15, 0.2) is 0 Å². The molecule has 0 aliphatic heterocycles. The zero-order chi connectivity index (χ0) is 14.5. The molecule has 106 valence electrons. The molecule has 2 rings (SSSR count). The number of hydrogen-bond acceptors (Lipinski definition) is 4. The van der Waals surface area contributed by atoms with Crippen LogP contribution < -0.4 is 10.5 Å². The molecule has 0 radical (unpaired) electrons. The number of benzene rings is 2. The molecule has 4 nitrogen and oxygen atoms in total. The summed E-state index contributed by atoms with van der Waals surface area (Å²) < 4.78 is 10.3. The molecule has 1 atom stereocenters. The van der Waals surface area contributed by atoms with Crippen molar-refractivity contribution in [2.75, 3.05) is 20.3 Å². The first-order valence-corrected chi connectivity index (χ1v) is 6.60. The molecule has 0 unspecified atom stereocenters. The zero-order valence-electron chi connectivity index (χ0n) is 11.8. The van der Waals surface area contributed by atoms with E-state index >= 15 is 0 Å². The third-order valence-electron chi connectivity index (χ3n) is 3.29. The molecule has 2 N–H and O–H groups in total. The number of methoxy groups -OCH3 is 1. The Morgan fingerprint density at radius 2 is 1.90 bits per heavy atom. The van der Waals surface area contributed by atoms with Crippen molar-refractivity contribution < 1.29 is 14.3 Å². The summed E-state index contributed by atoms with van der Waals surface area (Å²) in [6.45, 7) is 2.44. The lowest BCUT2D eigenvalue weighted by atomic mass is 9.98. The minimum absolute atomic E-state index is 0.247. The van der Waals surface area contributed by atoms with Crippen molar-refractivity contribution in [2.45, 2.75) is 12.8 Å². The fraction of sp³-hybridized carbons (Fsp3) is 0.312. The molecule has 0 fully saturated rings. The molecular weight excluding hydrogens is 254 g/mol. The van der Waals surface area contributed by atoms with Gasteiger partial charge in [0.2, 0.25) is 0 Å². The largest absolute Gasteiger partial charge is 0.497 e. The number of fused-ring (bicyclic) bond motifs is 1. The summed E-state index contributed by atoms with van der Waals surface area (Å²) in [5, 5.41) is 2.15. The second kappa shape index (κ2) is 6.39. The Morgan fingerprint density at radius 3 is 2.60 bits per heavy atom. The molecular formula is C16H19NO3. The lowest BCUT2D eigenvalue weighted by Crippen LogP contribution is -2.18. The van der Waals surface area contributed by atoms with Gasteiger partial charge in [0.25, 0.3) is 0 Å². The number of nitrogens with two attached hydrogens (primary N) is 1. The molecule has 0 aromatic heterocycles. The van der Waals surface area contributed by atoms with Crippen LogP contribution in [0.25, 0.3) is 10.8 Å². The van der Waals surface area contributed by atoms with Crippen LogP contribution in [0, 0.1) is 0 Å². The van der Waals surface area contributed by atoms with Crippen LogP contribution in [-0.2, 0) is 9.53 Å². The van der Waals surface area contributed by atoms with Crippen LogP contribution in [-0.4, -0.2) is 26.2 Å². The van der Waals surface area contributed by atoms with E-state index in [1.807, 2.05) is 43.3 Å². The molecule has 0 spiro atoms. The summed E-state index contributed by atoms with van der Waals surface area (Å²) in [7, 11) is 1.64. The highest BCUT2D eigenvalue weighted by molar-refractivity contribution is 5.86. The summed E-state index contributed by atoms with van der Waals surface area (Å²) in [5.41, 5.74) is 6.26. The average molecular weight is 273 g/mol. The second-order valence-electron chi connectivity index (χ2n) is 4.65. The van der Waals surface area contributed by atoms with E-state index in [0.717, 1.165) is 22.1 Å². The Balaban J connectivity index is 2.25. The molecule has 20 heavy (non-hydrogen) atoms. The molecule has 0 amide bonds. The van der Waals surface area contributed by atoms with Gasteiger partial charge in [0.1, 0.15) is 12.4 Å². The van der Waals surface area contributed by atoms with E-state index in [2.05, 4.69) is 0 Å². The van der Waals surface area contributed by atoms with Crippen LogP contribution in [0.2, 0.25) is 0 Å². The summed E-state index contributed by atoms with van der Waals surface area (Å²) >= 11 is 0. The van der Waals surface area contributed by atoms with E-state index in [-0.39, 0.29) is 18.5 Å². The van der Waals surface area contributed by atoms with Crippen molar-refractivity contribution in [1.82, 2.24) is 0 Å². The number of esters is 1. The van der Waals surface area contributed by atoms with Gasteiger partial charge in [-0.2, -0.15) is 0 Å². The lowest BCUT2D eigenvalue weighted by Gasteiger charge is -2.12. The second-order valence-corrected chi connectivity index (χ2v) is 4.65. The van der Waals surface area contributed by atoms with E-state index in [9.17, 15) is 4.79 Å². The number of ether oxygens (including phenoxy) is 2. The number of hydrogen-bond donors (Lipinski definition) is 1. The van der Waals surface area contributed by atoms with Gasteiger partial charge >= 0.3 is 5.97 Å². The fourth-order valence-electron chi connectivity index (χ4n) is 2.06. The van der Waals surface area contributed by atoms with Gasteiger partial charge in [-0.3, -0.25) is 4.79 Å². The Bertz CT molecular complexity index is 610. The van der Waals surface area contributed by atoms with Crippen molar-refractivity contribution >= 4 is 16.7 Å². The molecule has 2 aromatic rings. The quantitative estimate of drug-likeness (QED) is 0.850. The monoisotopic (exact) mass is 273 g/mol. The standard InChI is InChI=1S/C16H19NO3/c1-11(16(18)20-8-7-17)12-3-4-14-10-15(19-2)6-5-13(14)9-12/h3-6,9-11H,7-8,17H2,1-2H3/t11-/m0/s1. The Kier molecular flexibility index (Phi) is 4.58. The van der Waals surface area contributed by atoms with Crippen LogP contribution in [0.15, 0.2) is 36.4 Å². The van der Waals surface area contributed by atoms with Gasteiger partial charge in [-0.25, -0.2) is 0 Å². The zero-order valence-corrected chi connectivity index (χ0v) is 11.8. The third kappa shape index (κ3) is 3.08. The Hall–Kier alpha value is -2.07. The number of rotatable bonds is 5. The van der Waals surface area contributed by atoms with Crippen molar-refractivity contribution in [3.05, 3.63) is 42.0 Å². The Morgan fingerprint density at radius 1 is 1.20 bits per heavy atom. The first-order valence-electron chi connectivity index (χ1n) is 6.60. The van der Waals surface area contributed by atoms with E-state index in [1.165, 1.54) is 0 Å². The van der Waals surface area contributed by atoms with Gasteiger partial charge in [-0.15, -0.1) is 0 Å². The van der Waals surface area contributed by atoms with Gasteiger partial charge in [0, 0.05) is 6.54 Å². The maximum atomic E-state index is 11.8. The smallest absolute Gasteiger partial charge is 0.313 e. The van der Waals surface area contributed by atoms with Crippen molar-refractivity contribution in [1.29, 1.82) is 0 Å². The molecule has 0 aliphatic carbocycles. The average Bonchev–Trinajstić information content (AvgIpc) is 2.50. The molecule has 4 heteroatoms. The van der Waals surface area contributed by atoms with Gasteiger partial charge in [-0.1, -0.05) is 24.3 Å². The number of carbonyl (C=O) groups excluding carboxylic acids is 1. The van der Waals surface area contributed by atoms with Crippen LogP contribution in [0.1, 0.15) is 18.4 Å². The summed E-state index contributed by atoms with van der Waals surface area (Å²) in [6, 6.07) is 11.8. The van der Waals surface area contributed by atoms with Crippen LogP contribution >= 0.6 is 0 Å². The van der Waals surface area contributed by atoms with E-state index in [1.54, 1.807) is 7.11 Å². The Labute approximate surface area is 118 Å². The molecule has 2 aromatic carbocycles. The summed E-state index contributed by atoms with van der Waals surface area (Å²) in [5.74, 6) is 0.275. The fourth-order valence-corrected chi connectivity index (χ4v) is 2.06. The first kappa shape index (κ1) is 14.3. The highest BCUT2D eigenvalue weighted by atomic mass is 16.5. The summed E-state index contributed by atoms with van der Waals surface area (Å²) in [6.07, 6.45) is 0. The number of carbonyl (C=O) groups is 1. The van der Waals surface area contributed by atoms with E-state index in [4.69, 9.17) is 15.2 Å². The van der Waals surface area contributed by atoms with E-state index in [0.29, 0.717) is 6.54 Å². The maximum absolute atomic E-state index is 11.8. The van der Waals surface area contributed by atoms with E-state index < -0.39 is 0 Å². The maximum Gasteiger partial charge on any atom is 0.313 e. The van der Waals surface area contributed by atoms with Crippen molar-refractivity contribution in [3.8, 4) is 5.75 Å². The first-order chi connectivity index (χ1) is 9.65. The molecule has 0 bridgehead atoms. The SMILES string of the molecule is COc1ccc2cc([C@H](C)C(=O)OCCN)ccc2c1. The highest BCUT2D eigenvalue weighted by Crippen LogP contribution is 2.25. The van der Waals surface area contributed by atoms with Crippen molar-refractivity contribution in [3.63, 3.8) is 0 Å². The van der Waals surface area contributed by atoms with Crippen LogP contribution in [0.5, 0.6) is 5.75 Å². The predicted octanol–water partition coefficient (Wildman–Crippen LogP) is 2.45. The molecule has 0 aliphatic rings. The molecule has 0 saturated carbocycles. The van der Waals surface area contributed by atoms with Gasteiger partial charge in [0.05, 0.1) is 13.0 Å². The van der Waals surface area contributed by atoms with Gasteiger partial charge in [-0.05, 0) is 35.4 Å². The van der Waals surface area contributed by atoms with Crippen LogP contribution in [0.4, 0.5) is 0 Å². The third-order valence-corrected chi connectivity index (χ3v) is 3.29. The topological polar surface area (TPSA) is 61.5 Å². The highest BCUT2D eigenvalue weighted by Gasteiger charge is 2.16. The van der Waals surface area contributed by atoms with Crippen LogP contribution in [0.3, 0.4) is 0 Å². The normalized spacial score (nSPS) is 12.2. The summed E-state index contributed by atoms with van der Waals surface area (Å²) in [4.78, 5) is 11.8. The predicted molar refractivity (Wildman–Crippen MR) is 78.9 cm³/mol. The van der Waals surface area contributed by atoms with Gasteiger partial charge < -0.3 is 15.2 Å². The minimum Gasteiger partial charge on any atom is -0.497 e.